The van der Waals surface area contributed by atoms with Crippen molar-refractivity contribution in [2.45, 2.75) is 40.2 Å². The third-order valence-corrected chi connectivity index (χ3v) is 3.64. The molecule has 120 valence electrons. The van der Waals surface area contributed by atoms with Crippen LogP contribution in [0.3, 0.4) is 0 Å². The molecule has 1 rings (SSSR count). The van der Waals surface area contributed by atoms with Gasteiger partial charge in [-0.25, -0.2) is 0 Å². The molecule has 1 N–H and O–H groups in total. The monoisotopic (exact) mass is 293 g/mol. The minimum absolute atomic E-state index is 0.431. The van der Waals surface area contributed by atoms with E-state index in [4.69, 9.17) is 4.74 Å². The van der Waals surface area contributed by atoms with E-state index in [1.54, 1.807) is 0 Å². The van der Waals surface area contributed by atoms with Gasteiger partial charge in [0.25, 0.3) is 0 Å². The van der Waals surface area contributed by atoms with Crippen LogP contribution in [-0.2, 0) is 11.2 Å². The fourth-order valence-electron chi connectivity index (χ4n) is 2.41. The second kappa shape index (κ2) is 9.93. The van der Waals surface area contributed by atoms with Crippen LogP contribution in [0.25, 0.3) is 0 Å². The zero-order valence-electron chi connectivity index (χ0n) is 14.0. The molecular formula is C18H31NO2. The number of likely N-dealkylation sites (N-methyl/N-ethyl adjacent to an activating group) is 1. The normalized spacial score (nSPS) is 13.1. The van der Waals surface area contributed by atoms with Gasteiger partial charge in [0.15, 0.2) is 0 Å². The third-order valence-electron chi connectivity index (χ3n) is 3.64. The van der Waals surface area contributed by atoms with Gasteiger partial charge in [0.2, 0.25) is 0 Å². The summed E-state index contributed by atoms with van der Waals surface area (Å²) in [5, 5.41) is 10.4. The quantitative estimate of drug-likeness (QED) is 0.672. The van der Waals surface area contributed by atoms with E-state index >= 15 is 0 Å². The first-order valence-electron chi connectivity index (χ1n) is 8.13. The van der Waals surface area contributed by atoms with Gasteiger partial charge in [-0.1, -0.05) is 45.0 Å². The molecule has 1 unspecified atom stereocenters. The minimum atomic E-state index is -0.431. The summed E-state index contributed by atoms with van der Waals surface area (Å²) in [6, 6.07) is 8.38. The van der Waals surface area contributed by atoms with Crippen LogP contribution < -0.4 is 0 Å². The van der Waals surface area contributed by atoms with Gasteiger partial charge in [-0.3, -0.25) is 4.90 Å². The second-order valence-electron chi connectivity index (χ2n) is 5.95. The molecule has 0 saturated carbocycles. The maximum atomic E-state index is 10.4. The maximum Gasteiger partial charge on any atom is 0.0916 e. The molecule has 1 aromatic rings. The van der Waals surface area contributed by atoms with E-state index in [1.807, 2.05) is 6.92 Å². The van der Waals surface area contributed by atoms with Gasteiger partial charge < -0.3 is 9.84 Å². The van der Waals surface area contributed by atoms with Crippen LogP contribution in [0, 0.1) is 5.92 Å². The predicted molar refractivity (Wildman–Crippen MR) is 88.6 cm³/mol. The van der Waals surface area contributed by atoms with Gasteiger partial charge in [0, 0.05) is 19.7 Å². The minimum Gasteiger partial charge on any atom is -0.387 e. The lowest BCUT2D eigenvalue weighted by Gasteiger charge is -2.23. The number of hydrogen-bond acceptors (Lipinski definition) is 3. The molecule has 0 radical (unpaired) electrons. The van der Waals surface area contributed by atoms with Gasteiger partial charge in [0.05, 0.1) is 12.7 Å². The highest BCUT2D eigenvalue weighted by atomic mass is 16.5. The van der Waals surface area contributed by atoms with Crippen molar-refractivity contribution in [3.63, 3.8) is 0 Å². The Bertz CT molecular complexity index is 375. The highest BCUT2D eigenvalue weighted by Gasteiger charge is 2.12. The van der Waals surface area contributed by atoms with Crippen molar-refractivity contribution in [3.8, 4) is 0 Å². The summed E-state index contributed by atoms with van der Waals surface area (Å²) in [7, 11) is 0. The molecule has 0 saturated heterocycles. The second-order valence-corrected chi connectivity index (χ2v) is 5.95. The molecule has 0 bridgehead atoms. The fraction of sp³-hybridized carbons (Fsp3) is 0.667. The molecule has 1 atom stereocenters. The van der Waals surface area contributed by atoms with E-state index < -0.39 is 6.10 Å². The molecule has 0 spiro atoms. The van der Waals surface area contributed by atoms with Crippen LogP contribution in [0.2, 0.25) is 0 Å². The Morgan fingerprint density at radius 3 is 2.33 bits per heavy atom. The summed E-state index contributed by atoms with van der Waals surface area (Å²) < 4.78 is 5.38. The Labute approximate surface area is 129 Å². The van der Waals surface area contributed by atoms with Gasteiger partial charge in [-0.2, -0.15) is 0 Å². The van der Waals surface area contributed by atoms with E-state index in [2.05, 4.69) is 49.9 Å². The average Bonchev–Trinajstić information content (AvgIpc) is 2.46. The number of hydrogen-bond donors (Lipinski definition) is 1. The Balaban J connectivity index is 2.51. The van der Waals surface area contributed by atoms with Crippen LogP contribution in [0.1, 0.15) is 44.9 Å². The first-order chi connectivity index (χ1) is 10.1. The molecule has 0 aliphatic rings. The molecule has 3 nitrogen and oxygen atoms in total. The van der Waals surface area contributed by atoms with Crippen LogP contribution >= 0.6 is 0 Å². The number of ether oxygens (including phenoxy) is 1. The van der Waals surface area contributed by atoms with E-state index in [-0.39, 0.29) is 0 Å². The largest absolute Gasteiger partial charge is 0.387 e. The first kappa shape index (κ1) is 18.1. The van der Waals surface area contributed by atoms with E-state index in [9.17, 15) is 5.11 Å². The van der Waals surface area contributed by atoms with Crippen molar-refractivity contribution in [2.75, 3.05) is 32.8 Å². The van der Waals surface area contributed by atoms with Gasteiger partial charge in [0.1, 0.15) is 0 Å². The summed E-state index contributed by atoms with van der Waals surface area (Å²) in [4.78, 5) is 2.22. The lowest BCUT2D eigenvalue weighted by Crippen LogP contribution is -2.31. The predicted octanol–water partition coefficient (Wildman–Crippen LogP) is 3.28. The van der Waals surface area contributed by atoms with Gasteiger partial charge in [-0.15, -0.1) is 0 Å². The summed E-state index contributed by atoms with van der Waals surface area (Å²) in [6.45, 7) is 12.5. The van der Waals surface area contributed by atoms with Crippen molar-refractivity contribution < 1.29 is 9.84 Å². The molecule has 21 heavy (non-hydrogen) atoms. The van der Waals surface area contributed by atoms with E-state index in [0.29, 0.717) is 12.5 Å². The molecule has 3 heteroatoms. The SMILES string of the molecule is CCOCCN(CC)CC(O)c1ccc(CC(C)C)cc1. The number of rotatable bonds is 10. The molecule has 0 aliphatic carbocycles. The maximum absolute atomic E-state index is 10.4. The van der Waals surface area contributed by atoms with Crippen molar-refractivity contribution in [1.82, 2.24) is 4.90 Å². The molecular weight excluding hydrogens is 262 g/mol. The van der Waals surface area contributed by atoms with Crippen LogP contribution in [-0.4, -0.2) is 42.9 Å². The fourth-order valence-corrected chi connectivity index (χ4v) is 2.41. The van der Waals surface area contributed by atoms with Crippen molar-refractivity contribution in [2.24, 2.45) is 5.92 Å². The van der Waals surface area contributed by atoms with Gasteiger partial charge >= 0.3 is 0 Å². The van der Waals surface area contributed by atoms with Crippen molar-refractivity contribution in [1.29, 1.82) is 0 Å². The first-order valence-corrected chi connectivity index (χ1v) is 8.13. The number of nitrogens with zero attached hydrogens (tertiary/aromatic N) is 1. The van der Waals surface area contributed by atoms with Crippen molar-refractivity contribution >= 4 is 0 Å². The molecule has 0 fully saturated rings. The third kappa shape index (κ3) is 7.07. The zero-order chi connectivity index (χ0) is 15.7. The van der Waals surface area contributed by atoms with Crippen molar-refractivity contribution in [3.05, 3.63) is 35.4 Å². The lowest BCUT2D eigenvalue weighted by molar-refractivity contribution is 0.0792. The highest BCUT2D eigenvalue weighted by molar-refractivity contribution is 5.24. The zero-order valence-corrected chi connectivity index (χ0v) is 14.0. The number of aliphatic hydroxyl groups excluding tert-OH is 1. The summed E-state index contributed by atoms with van der Waals surface area (Å²) >= 11 is 0. The average molecular weight is 293 g/mol. The number of aliphatic hydroxyl groups is 1. The lowest BCUT2D eigenvalue weighted by atomic mass is 10.00. The van der Waals surface area contributed by atoms with Crippen LogP contribution in [0.15, 0.2) is 24.3 Å². The summed E-state index contributed by atoms with van der Waals surface area (Å²) in [5.74, 6) is 0.662. The highest BCUT2D eigenvalue weighted by Crippen LogP contribution is 2.17. The molecule has 0 heterocycles. The Hall–Kier alpha value is -0.900. The Kier molecular flexibility index (Phi) is 8.58. The van der Waals surface area contributed by atoms with E-state index in [1.165, 1.54) is 5.56 Å². The Morgan fingerprint density at radius 1 is 1.14 bits per heavy atom. The standard InChI is InChI=1S/C18H31NO2/c1-5-19(11-12-21-6-2)14-18(20)17-9-7-16(8-10-17)13-15(3)4/h7-10,15,18,20H,5-6,11-14H2,1-4H3. The van der Waals surface area contributed by atoms with Gasteiger partial charge in [-0.05, 0) is 36.9 Å². The smallest absolute Gasteiger partial charge is 0.0916 e. The summed E-state index contributed by atoms with van der Waals surface area (Å²) in [6.07, 6.45) is 0.658. The van der Waals surface area contributed by atoms with Crippen LogP contribution in [0.5, 0.6) is 0 Å². The number of benzene rings is 1. The molecule has 0 aliphatic heterocycles. The molecule has 1 aromatic carbocycles. The van der Waals surface area contributed by atoms with E-state index in [0.717, 1.165) is 38.3 Å². The summed E-state index contributed by atoms with van der Waals surface area (Å²) in [5.41, 5.74) is 2.34. The van der Waals surface area contributed by atoms with Crippen LogP contribution in [0.4, 0.5) is 0 Å². The Morgan fingerprint density at radius 2 is 1.81 bits per heavy atom. The topological polar surface area (TPSA) is 32.7 Å². The molecule has 0 amide bonds. The molecule has 0 aromatic heterocycles.